The molecule has 0 radical (unpaired) electrons. The Balaban J connectivity index is 2.77. The van der Waals surface area contributed by atoms with Gasteiger partial charge in [0, 0.05) is 23.4 Å². The smallest absolute Gasteiger partial charge is 0.150 e. The first kappa shape index (κ1) is 10.9. The fourth-order valence-electron chi connectivity index (χ4n) is 2.18. The Morgan fingerprint density at radius 2 is 2.00 bits per heavy atom. The van der Waals surface area contributed by atoms with Crippen LogP contribution in [-0.2, 0) is 12.5 Å². The molecule has 0 amide bonds. The summed E-state index contributed by atoms with van der Waals surface area (Å²) in [5, 5.41) is 5.57. The normalized spacial score (nSPS) is 12.0. The number of benzene rings is 1. The van der Waals surface area contributed by atoms with Gasteiger partial charge in [-0.3, -0.25) is 9.48 Å². The molecule has 0 bridgehead atoms. The highest BCUT2D eigenvalue weighted by atomic mass is 16.1. The van der Waals surface area contributed by atoms with Crippen LogP contribution in [0.15, 0.2) is 18.2 Å². The van der Waals surface area contributed by atoms with Gasteiger partial charge in [0.2, 0.25) is 0 Å². The molecule has 0 unspecified atom stereocenters. The molecule has 3 nitrogen and oxygen atoms in total. The largest absolute Gasteiger partial charge is 0.298 e. The van der Waals surface area contributed by atoms with Crippen molar-refractivity contribution in [3.05, 3.63) is 29.5 Å². The monoisotopic (exact) mass is 216 g/mol. The number of carbonyl (C=O) groups excluding carboxylic acids is 1. The molecular formula is C13H16N2O. The van der Waals surface area contributed by atoms with E-state index in [0.29, 0.717) is 5.56 Å². The first-order valence-electron chi connectivity index (χ1n) is 5.36. The van der Waals surface area contributed by atoms with E-state index in [1.807, 2.05) is 29.9 Å². The Labute approximate surface area is 95.1 Å². The molecular weight excluding hydrogens is 200 g/mol. The van der Waals surface area contributed by atoms with Crippen LogP contribution in [0.3, 0.4) is 0 Å². The standard InChI is InChI=1S/C13H16N2O/c1-13(2,3)12-10-6-5-9(8-16)7-11(10)14-15(12)4/h5-8H,1-4H3. The summed E-state index contributed by atoms with van der Waals surface area (Å²) in [5.74, 6) is 0. The number of rotatable bonds is 1. The van der Waals surface area contributed by atoms with Crippen molar-refractivity contribution < 1.29 is 4.79 Å². The second kappa shape index (κ2) is 3.44. The van der Waals surface area contributed by atoms with Gasteiger partial charge in [0.05, 0.1) is 11.2 Å². The van der Waals surface area contributed by atoms with Crippen LogP contribution < -0.4 is 0 Å². The fraction of sp³-hybridized carbons (Fsp3) is 0.385. The molecule has 2 rings (SSSR count). The van der Waals surface area contributed by atoms with E-state index in [1.165, 1.54) is 5.69 Å². The van der Waals surface area contributed by atoms with Gasteiger partial charge in [0.1, 0.15) is 6.29 Å². The van der Waals surface area contributed by atoms with Gasteiger partial charge in [0.25, 0.3) is 0 Å². The zero-order chi connectivity index (χ0) is 11.9. The van der Waals surface area contributed by atoms with E-state index in [1.54, 1.807) is 0 Å². The Morgan fingerprint density at radius 1 is 1.31 bits per heavy atom. The number of aromatic nitrogens is 2. The highest BCUT2D eigenvalue weighted by Gasteiger charge is 2.21. The lowest BCUT2D eigenvalue weighted by Crippen LogP contribution is -2.16. The summed E-state index contributed by atoms with van der Waals surface area (Å²) in [5.41, 5.74) is 2.80. The topological polar surface area (TPSA) is 34.9 Å². The number of carbonyl (C=O) groups is 1. The number of hydrogen-bond acceptors (Lipinski definition) is 2. The molecule has 1 aromatic carbocycles. The van der Waals surface area contributed by atoms with Crippen molar-refractivity contribution in [2.75, 3.05) is 0 Å². The molecule has 3 heteroatoms. The minimum atomic E-state index is 0.0478. The molecule has 0 aliphatic rings. The van der Waals surface area contributed by atoms with Gasteiger partial charge in [-0.2, -0.15) is 5.10 Å². The van der Waals surface area contributed by atoms with Gasteiger partial charge in [0.15, 0.2) is 0 Å². The van der Waals surface area contributed by atoms with Gasteiger partial charge >= 0.3 is 0 Å². The van der Waals surface area contributed by atoms with Crippen molar-refractivity contribution in [2.45, 2.75) is 26.2 Å². The van der Waals surface area contributed by atoms with Crippen molar-refractivity contribution in [1.29, 1.82) is 0 Å². The van der Waals surface area contributed by atoms with Crippen molar-refractivity contribution in [1.82, 2.24) is 9.78 Å². The van der Waals surface area contributed by atoms with Crippen molar-refractivity contribution in [3.63, 3.8) is 0 Å². The number of aldehydes is 1. The van der Waals surface area contributed by atoms with E-state index in [0.717, 1.165) is 17.2 Å². The maximum atomic E-state index is 10.7. The minimum absolute atomic E-state index is 0.0478. The highest BCUT2D eigenvalue weighted by molar-refractivity contribution is 5.88. The van der Waals surface area contributed by atoms with E-state index in [4.69, 9.17) is 0 Å². The molecule has 0 aliphatic carbocycles. The number of hydrogen-bond donors (Lipinski definition) is 0. The van der Waals surface area contributed by atoms with Gasteiger partial charge < -0.3 is 0 Å². The molecule has 0 N–H and O–H groups in total. The molecule has 1 aromatic heterocycles. The number of fused-ring (bicyclic) bond motifs is 1. The maximum Gasteiger partial charge on any atom is 0.150 e. The van der Waals surface area contributed by atoms with Crippen molar-refractivity contribution in [2.24, 2.45) is 7.05 Å². The average Bonchev–Trinajstić information content (AvgIpc) is 2.51. The van der Waals surface area contributed by atoms with Gasteiger partial charge in [-0.15, -0.1) is 0 Å². The van der Waals surface area contributed by atoms with Crippen LogP contribution in [0.5, 0.6) is 0 Å². The molecule has 0 aliphatic heterocycles. The Bertz CT molecular complexity index is 547. The Kier molecular flexibility index (Phi) is 2.34. The predicted octanol–water partition coefficient (Wildman–Crippen LogP) is 2.68. The number of nitrogens with zero attached hydrogens (tertiary/aromatic N) is 2. The molecule has 16 heavy (non-hydrogen) atoms. The molecule has 1 heterocycles. The lowest BCUT2D eigenvalue weighted by molar-refractivity contribution is 0.112. The fourth-order valence-corrected chi connectivity index (χ4v) is 2.18. The van der Waals surface area contributed by atoms with Gasteiger partial charge in [-0.1, -0.05) is 32.9 Å². The predicted molar refractivity (Wildman–Crippen MR) is 64.8 cm³/mol. The van der Waals surface area contributed by atoms with Crippen LogP contribution in [0.1, 0.15) is 36.8 Å². The second-order valence-corrected chi connectivity index (χ2v) is 5.12. The van der Waals surface area contributed by atoms with E-state index < -0.39 is 0 Å². The van der Waals surface area contributed by atoms with Crippen molar-refractivity contribution >= 4 is 17.2 Å². The van der Waals surface area contributed by atoms with Crippen LogP contribution in [0.4, 0.5) is 0 Å². The second-order valence-electron chi connectivity index (χ2n) is 5.12. The molecule has 2 aromatic rings. The van der Waals surface area contributed by atoms with Crippen LogP contribution in [0, 0.1) is 0 Å². The van der Waals surface area contributed by atoms with E-state index in [-0.39, 0.29) is 5.41 Å². The summed E-state index contributed by atoms with van der Waals surface area (Å²) in [6, 6.07) is 5.65. The third-order valence-corrected chi connectivity index (χ3v) is 2.70. The summed E-state index contributed by atoms with van der Waals surface area (Å²) in [7, 11) is 1.95. The summed E-state index contributed by atoms with van der Waals surface area (Å²) in [6.45, 7) is 6.49. The molecule has 0 spiro atoms. The van der Waals surface area contributed by atoms with E-state index in [9.17, 15) is 4.79 Å². The Hall–Kier alpha value is -1.64. The zero-order valence-electron chi connectivity index (χ0n) is 10.1. The Morgan fingerprint density at radius 3 is 2.56 bits per heavy atom. The molecule has 0 fully saturated rings. The molecule has 84 valence electrons. The zero-order valence-corrected chi connectivity index (χ0v) is 10.1. The molecule has 0 saturated carbocycles. The third kappa shape index (κ3) is 1.62. The molecule has 0 atom stereocenters. The van der Waals surface area contributed by atoms with Crippen molar-refractivity contribution in [3.8, 4) is 0 Å². The summed E-state index contributed by atoms with van der Waals surface area (Å²) < 4.78 is 1.90. The summed E-state index contributed by atoms with van der Waals surface area (Å²) in [6.07, 6.45) is 0.852. The third-order valence-electron chi connectivity index (χ3n) is 2.70. The summed E-state index contributed by atoms with van der Waals surface area (Å²) in [4.78, 5) is 10.7. The SMILES string of the molecule is Cn1nc2cc(C=O)ccc2c1C(C)(C)C. The quantitative estimate of drug-likeness (QED) is 0.687. The average molecular weight is 216 g/mol. The van der Waals surface area contributed by atoms with Crippen LogP contribution >= 0.6 is 0 Å². The highest BCUT2D eigenvalue weighted by Crippen LogP contribution is 2.29. The van der Waals surface area contributed by atoms with Crippen LogP contribution in [-0.4, -0.2) is 16.1 Å². The maximum absolute atomic E-state index is 10.7. The van der Waals surface area contributed by atoms with Gasteiger partial charge in [-0.05, 0) is 6.07 Å². The first-order chi connectivity index (χ1) is 7.43. The van der Waals surface area contributed by atoms with E-state index in [2.05, 4.69) is 25.9 Å². The first-order valence-corrected chi connectivity index (χ1v) is 5.36. The minimum Gasteiger partial charge on any atom is -0.298 e. The lowest BCUT2D eigenvalue weighted by Gasteiger charge is -2.19. The summed E-state index contributed by atoms with van der Waals surface area (Å²) >= 11 is 0. The van der Waals surface area contributed by atoms with Crippen LogP contribution in [0.25, 0.3) is 10.9 Å². The van der Waals surface area contributed by atoms with Crippen LogP contribution in [0.2, 0.25) is 0 Å². The lowest BCUT2D eigenvalue weighted by atomic mass is 9.89. The molecule has 0 saturated heterocycles. The number of aryl methyl sites for hydroxylation is 1. The van der Waals surface area contributed by atoms with E-state index >= 15 is 0 Å². The van der Waals surface area contributed by atoms with Gasteiger partial charge in [-0.25, -0.2) is 0 Å².